The number of nitrogens with one attached hydrogen (secondary N) is 1. The average molecular weight is 239 g/mol. The molecule has 0 spiro atoms. The number of hydrogen-bond donors (Lipinski definition) is 1. The van der Waals surface area contributed by atoms with Gasteiger partial charge in [0.25, 0.3) is 0 Å². The molecule has 2 rings (SSSR count). The van der Waals surface area contributed by atoms with Crippen molar-refractivity contribution in [2.45, 2.75) is 6.61 Å². The third-order valence-corrected chi connectivity index (χ3v) is 2.76. The lowest BCUT2D eigenvalue weighted by Gasteiger charge is -2.04. The van der Waals surface area contributed by atoms with E-state index in [-0.39, 0.29) is 5.82 Å². The first-order valence-corrected chi connectivity index (χ1v) is 5.44. The van der Waals surface area contributed by atoms with Crippen LogP contribution in [-0.4, -0.2) is 16.6 Å². The molecule has 0 amide bonds. The van der Waals surface area contributed by atoms with Crippen LogP contribution in [0.4, 0.5) is 9.39 Å². The van der Waals surface area contributed by atoms with Crippen LogP contribution in [0.3, 0.4) is 0 Å². The highest BCUT2D eigenvalue weighted by molar-refractivity contribution is 7.10. The maximum absolute atomic E-state index is 12.6. The van der Waals surface area contributed by atoms with Gasteiger partial charge in [-0.2, -0.15) is 0 Å². The predicted molar refractivity (Wildman–Crippen MR) is 60.2 cm³/mol. The fraction of sp³-hybridized carbons (Fsp3) is 0.200. The summed E-state index contributed by atoms with van der Waals surface area (Å²) in [6.45, 7) is 0.318. The van der Waals surface area contributed by atoms with Gasteiger partial charge in [0.1, 0.15) is 28.9 Å². The molecule has 1 heterocycles. The summed E-state index contributed by atoms with van der Waals surface area (Å²) >= 11 is 1.27. The molecule has 0 fully saturated rings. The zero-order valence-corrected chi connectivity index (χ0v) is 9.42. The lowest BCUT2D eigenvalue weighted by molar-refractivity contribution is 0.301. The van der Waals surface area contributed by atoms with Gasteiger partial charge in [-0.25, -0.2) is 4.39 Å². The van der Waals surface area contributed by atoms with Crippen molar-refractivity contribution in [1.82, 2.24) is 9.59 Å². The molecule has 16 heavy (non-hydrogen) atoms. The molecule has 0 radical (unpaired) electrons. The Kier molecular flexibility index (Phi) is 3.31. The summed E-state index contributed by atoms with van der Waals surface area (Å²) in [6, 6.07) is 5.86. The second-order valence-corrected chi connectivity index (χ2v) is 3.80. The lowest BCUT2D eigenvalue weighted by atomic mass is 10.3. The Hall–Kier alpha value is -1.69. The van der Waals surface area contributed by atoms with Gasteiger partial charge in [-0.05, 0) is 24.3 Å². The Morgan fingerprint density at radius 3 is 2.81 bits per heavy atom. The maximum atomic E-state index is 12.6. The fourth-order valence-electron chi connectivity index (χ4n) is 1.18. The Morgan fingerprint density at radius 1 is 1.38 bits per heavy atom. The lowest BCUT2D eigenvalue weighted by Crippen LogP contribution is -1.99. The Bertz CT molecular complexity index is 457. The first-order valence-electron chi connectivity index (χ1n) is 4.67. The molecule has 0 saturated heterocycles. The van der Waals surface area contributed by atoms with Crippen molar-refractivity contribution in [2.75, 3.05) is 12.4 Å². The number of anilines is 1. The van der Waals surface area contributed by atoms with Gasteiger partial charge in [-0.1, -0.05) is 4.49 Å². The minimum Gasteiger partial charge on any atom is -0.487 e. The van der Waals surface area contributed by atoms with Gasteiger partial charge in [0.15, 0.2) is 0 Å². The second-order valence-electron chi connectivity index (χ2n) is 3.04. The fourth-order valence-corrected chi connectivity index (χ4v) is 1.69. The van der Waals surface area contributed by atoms with Crippen LogP contribution in [-0.2, 0) is 6.61 Å². The van der Waals surface area contributed by atoms with Gasteiger partial charge in [-0.15, -0.1) is 5.10 Å². The first kappa shape index (κ1) is 10.8. The number of rotatable bonds is 4. The summed E-state index contributed by atoms with van der Waals surface area (Å²) in [5.41, 5.74) is 0.747. The monoisotopic (exact) mass is 239 g/mol. The molecule has 84 valence electrons. The second kappa shape index (κ2) is 4.89. The van der Waals surface area contributed by atoms with Crippen LogP contribution in [0.2, 0.25) is 0 Å². The van der Waals surface area contributed by atoms with E-state index in [2.05, 4.69) is 14.9 Å². The van der Waals surface area contributed by atoms with Crippen LogP contribution in [0.1, 0.15) is 5.69 Å². The minimum absolute atomic E-state index is 0.279. The molecule has 2 aromatic rings. The van der Waals surface area contributed by atoms with Crippen LogP contribution in [0, 0.1) is 5.82 Å². The summed E-state index contributed by atoms with van der Waals surface area (Å²) in [7, 11) is 1.80. The Labute approximate surface area is 96.2 Å². The van der Waals surface area contributed by atoms with Gasteiger partial charge >= 0.3 is 0 Å². The van der Waals surface area contributed by atoms with Crippen molar-refractivity contribution in [1.29, 1.82) is 0 Å². The number of halogens is 1. The molecule has 1 N–H and O–H groups in total. The largest absolute Gasteiger partial charge is 0.487 e. The number of ether oxygens (including phenoxy) is 1. The highest BCUT2D eigenvalue weighted by Gasteiger charge is 2.06. The van der Waals surface area contributed by atoms with Crippen LogP contribution in [0.5, 0.6) is 5.75 Å². The van der Waals surface area contributed by atoms with E-state index in [0.29, 0.717) is 12.4 Å². The van der Waals surface area contributed by atoms with Crippen molar-refractivity contribution in [3.8, 4) is 5.75 Å². The molecule has 6 heteroatoms. The van der Waals surface area contributed by atoms with E-state index in [0.717, 1.165) is 10.7 Å². The van der Waals surface area contributed by atoms with Crippen molar-refractivity contribution in [3.63, 3.8) is 0 Å². The van der Waals surface area contributed by atoms with Crippen molar-refractivity contribution >= 4 is 16.5 Å². The quantitative estimate of drug-likeness (QED) is 0.889. The molecule has 0 saturated carbocycles. The van der Waals surface area contributed by atoms with Gasteiger partial charge in [-0.3, -0.25) is 0 Å². The summed E-state index contributed by atoms with van der Waals surface area (Å²) in [6.07, 6.45) is 0. The van der Waals surface area contributed by atoms with Crippen molar-refractivity contribution < 1.29 is 9.13 Å². The summed E-state index contributed by atoms with van der Waals surface area (Å²) in [5.74, 6) is 0.329. The number of aromatic nitrogens is 2. The molecule has 4 nitrogen and oxygen atoms in total. The molecule has 1 aromatic heterocycles. The average Bonchev–Trinajstić information content (AvgIpc) is 2.76. The van der Waals surface area contributed by atoms with E-state index < -0.39 is 0 Å². The molecule has 0 aliphatic heterocycles. The highest BCUT2D eigenvalue weighted by atomic mass is 32.1. The van der Waals surface area contributed by atoms with Gasteiger partial charge < -0.3 is 10.1 Å². The van der Waals surface area contributed by atoms with E-state index in [1.807, 2.05) is 0 Å². The van der Waals surface area contributed by atoms with Crippen LogP contribution in [0.15, 0.2) is 24.3 Å². The summed E-state index contributed by atoms with van der Waals surface area (Å²) < 4.78 is 21.9. The summed E-state index contributed by atoms with van der Waals surface area (Å²) in [4.78, 5) is 0. The van der Waals surface area contributed by atoms with Gasteiger partial charge in [0, 0.05) is 18.6 Å². The predicted octanol–water partition coefficient (Wildman–Crippen LogP) is 2.30. The number of nitrogens with zero attached hydrogens (tertiary/aromatic N) is 2. The smallest absolute Gasteiger partial charge is 0.136 e. The molecular weight excluding hydrogens is 229 g/mol. The molecular formula is C10H10FN3OS. The van der Waals surface area contributed by atoms with Gasteiger partial charge in [0.2, 0.25) is 0 Å². The molecule has 1 aromatic carbocycles. The van der Waals surface area contributed by atoms with Crippen molar-refractivity contribution in [2.24, 2.45) is 0 Å². The van der Waals surface area contributed by atoms with E-state index >= 15 is 0 Å². The normalized spacial score (nSPS) is 10.1. The molecule has 0 aliphatic carbocycles. The molecule has 0 bridgehead atoms. The van der Waals surface area contributed by atoms with Crippen molar-refractivity contribution in [3.05, 3.63) is 35.8 Å². The van der Waals surface area contributed by atoms with Crippen LogP contribution in [0.25, 0.3) is 0 Å². The van der Waals surface area contributed by atoms with Crippen LogP contribution < -0.4 is 10.1 Å². The molecule has 0 unspecified atom stereocenters. The highest BCUT2D eigenvalue weighted by Crippen LogP contribution is 2.19. The Morgan fingerprint density at radius 2 is 2.12 bits per heavy atom. The third kappa shape index (κ3) is 2.46. The van der Waals surface area contributed by atoms with Crippen LogP contribution >= 0.6 is 11.5 Å². The van der Waals surface area contributed by atoms with E-state index in [1.54, 1.807) is 19.2 Å². The third-order valence-electron chi connectivity index (χ3n) is 1.97. The standard InChI is InChI=1S/C10H10FN3OS/c1-12-10-9(13-14-16-10)6-15-8-4-2-7(11)3-5-8/h2-5,12H,6H2,1H3. The topological polar surface area (TPSA) is 47.0 Å². The number of hydrogen-bond acceptors (Lipinski definition) is 5. The number of benzene rings is 1. The summed E-state index contributed by atoms with van der Waals surface area (Å²) in [5, 5.41) is 7.78. The first-order chi connectivity index (χ1) is 7.79. The SMILES string of the molecule is CNc1snnc1COc1ccc(F)cc1. The van der Waals surface area contributed by atoms with Gasteiger partial charge in [0.05, 0.1) is 0 Å². The minimum atomic E-state index is -0.279. The molecule has 0 aliphatic rings. The zero-order chi connectivity index (χ0) is 11.4. The Balaban J connectivity index is 1.99. The zero-order valence-electron chi connectivity index (χ0n) is 8.61. The molecule has 0 atom stereocenters. The van der Waals surface area contributed by atoms with E-state index in [9.17, 15) is 4.39 Å². The van der Waals surface area contributed by atoms with E-state index in [1.165, 1.54) is 23.7 Å². The van der Waals surface area contributed by atoms with E-state index in [4.69, 9.17) is 4.74 Å². The maximum Gasteiger partial charge on any atom is 0.136 e.